The molecule has 0 bridgehead atoms. The molecule has 1 aromatic carbocycles. The summed E-state index contributed by atoms with van der Waals surface area (Å²) in [6, 6.07) is 7.42. The zero-order valence-electron chi connectivity index (χ0n) is 24.0. The smallest absolute Gasteiger partial charge is 0.316 e. The summed E-state index contributed by atoms with van der Waals surface area (Å²) in [6.45, 7) is 3.20. The van der Waals surface area contributed by atoms with Crippen LogP contribution in [0.2, 0.25) is 0 Å². The van der Waals surface area contributed by atoms with Crippen LogP contribution in [0.3, 0.4) is 0 Å². The predicted molar refractivity (Wildman–Crippen MR) is 151 cm³/mol. The average molecular weight is 582 g/mol. The average Bonchev–Trinajstić information content (AvgIpc) is 3.70. The van der Waals surface area contributed by atoms with Gasteiger partial charge in [-0.3, -0.25) is 9.59 Å². The molecule has 2 aromatic heterocycles. The molecule has 1 aliphatic carbocycles. The number of nitrogens with one attached hydrogen (secondary N) is 2. The summed E-state index contributed by atoms with van der Waals surface area (Å²) in [5.74, 6) is -3.17. The van der Waals surface area contributed by atoms with Gasteiger partial charge in [-0.1, -0.05) is 0 Å². The molecule has 1 saturated heterocycles. The number of halogens is 1. The number of anilines is 1. The Morgan fingerprint density at radius 3 is 2.52 bits per heavy atom. The second kappa shape index (κ2) is 12.1. The number of hydrogen-bond acceptors (Lipinski definition) is 10. The van der Waals surface area contributed by atoms with Crippen molar-refractivity contribution in [3.05, 3.63) is 48.2 Å². The molecule has 42 heavy (non-hydrogen) atoms. The highest BCUT2D eigenvalue weighted by atomic mass is 19.1. The highest BCUT2D eigenvalue weighted by Crippen LogP contribution is 2.40. The molecule has 5 rings (SSSR count). The molecule has 0 radical (unpaired) electrons. The number of primary amides is 1. The number of amides is 1. The third kappa shape index (κ3) is 6.42. The van der Waals surface area contributed by atoms with E-state index >= 15 is 0 Å². The largest absolute Gasteiger partial charge is 0.465 e. The molecule has 1 amide bonds. The lowest BCUT2D eigenvalue weighted by Crippen LogP contribution is -2.56. The first-order chi connectivity index (χ1) is 20.1. The fourth-order valence-electron chi connectivity index (χ4n) is 4.48. The van der Waals surface area contributed by atoms with Gasteiger partial charge in [-0.15, -0.1) is 0 Å². The van der Waals surface area contributed by atoms with Crippen molar-refractivity contribution < 1.29 is 28.2 Å². The van der Waals surface area contributed by atoms with Gasteiger partial charge in [-0.25, -0.2) is 19.3 Å². The van der Waals surface area contributed by atoms with Gasteiger partial charge in [0, 0.05) is 18.3 Å². The fourth-order valence-corrected chi connectivity index (χ4v) is 4.48. The first-order valence-corrected chi connectivity index (χ1v) is 13.9. The first-order valence-electron chi connectivity index (χ1n) is 13.9. The molecule has 2 aliphatic rings. The van der Waals surface area contributed by atoms with Gasteiger partial charge in [0.15, 0.2) is 5.82 Å². The Kier molecular flexibility index (Phi) is 8.53. The van der Waals surface area contributed by atoms with Crippen LogP contribution < -0.4 is 11.1 Å². The van der Waals surface area contributed by atoms with Crippen molar-refractivity contribution >= 4 is 17.8 Å². The molecular weight excluding hydrogens is 545 g/mol. The van der Waals surface area contributed by atoms with Crippen LogP contribution in [-0.2, 0) is 29.6 Å². The normalized spacial score (nSPS) is 22.2. The number of imidazole rings is 1. The van der Waals surface area contributed by atoms with Crippen molar-refractivity contribution in [3.8, 4) is 22.6 Å². The second-order valence-corrected chi connectivity index (χ2v) is 11.3. The maximum Gasteiger partial charge on any atom is 0.316 e. The van der Waals surface area contributed by atoms with E-state index in [-0.39, 0.29) is 19.0 Å². The summed E-state index contributed by atoms with van der Waals surface area (Å²) in [4.78, 5) is 44.5. The van der Waals surface area contributed by atoms with Gasteiger partial charge >= 0.3 is 11.8 Å². The lowest BCUT2D eigenvalue weighted by Gasteiger charge is -2.40. The zero-order chi connectivity index (χ0) is 29.9. The summed E-state index contributed by atoms with van der Waals surface area (Å²) >= 11 is 0. The Hall–Kier alpha value is -3.94. The molecule has 0 unspecified atom stereocenters. The Bertz CT molecular complexity index is 1420. The third-order valence-corrected chi connectivity index (χ3v) is 7.26. The van der Waals surface area contributed by atoms with Crippen LogP contribution in [0.25, 0.3) is 22.6 Å². The van der Waals surface area contributed by atoms with Gasteiger partial charge in [0.2, 0.25) is 5.95 Å². The van der Waals surface area contributed by atoms with Crippen LogP contribution in [0.5, 0.6) is 0 Å². The molecule has 0 atom stereocenters. The van der Waals surface area contributed by atoms with Crippen molar-refractivity contribution in [1.29, 1.82) is 0 Å². The number of hydrogen-bond donors (Lipinski definition) is 3. The number of nitrogens with two attached hydrogens (primary N) is 1. The molecular formula is C29H36FN7O5. The molecule has 2 fully saturated rings. The van der Waals surface area contributed by atoms with Crippen molar-refractivity contribution in [2.45, 2.75) is 32.0 Å². The fraction of sp³-hybridized carbons (Fsp3) is 0.483. The monoisotopic (exact) mass is 581 g/mol. The van der Waals surface area contributed by atoms with Crippen LogP contribution >= 0.6 is 0 Å². The summed E-state index contributed by atoms with van der Waals surface area (Å²) in [5, 5.41) is 3.21. The summed E-state index contributed by atoms with van der Waals surface area (Å²) in [6.07, 6.45) is 4.57. The lowest BCUT2D eigenvalue weighted by molar-refractivity contribution is -0.293. The van der Waals surface area contributed by atoms with E-state index in [2.05, 4.69) is 30.2 Å². The summed E-state index contributed by atoms with van der Waals surface area (Å²) in [7, 11) is 4.01. The minimum absolute atomic E-state index is 0.0307. The molecule has 224 valence electrons. The Morgan fingerprint density at radius 2 is 1.88 bits per heavy atom. The van der Waals surface area contributed by atoms with Gasteiger partial charge in [0.05, 0.1) is 36.9 Å². The van der Waals surface area contributed by atoms with Crippen LogP contribution in [0.4, 0.5) is 10.3 Å². The molecule has 0 spiro atoms. The molecule has 1 saturated carbocycles. The van der Waals surface area contributed by atoms with Crippen molar-refractivity contribution in [1.82, 2.24) is 24.8 Å². The molecule has 12 nitrogen and oxygen atoms in total. The number of aromatic nitrogens is 4. The van der Waals surface area contributed by atoms with Crippen molar-refractivity contribution in [2.75, 3.05) is 52.3 Å². The van der Waals surface area contributed by atoms with E-state index in [4.69, 9.17) is 19.9 Å². The number of benzene rings is 1. The van der Waals surface area contributed by atoms with E-state index in [1.54, 1.807) is 31.3 Å². The van der Waals surface area contributed by atoms with Crippen LogP contribution in [0.1, 0.15) is 32.0 Å². The molecule has 4 N–H and O–H groups in total. The number of carbonyl (C=O) groups is 2. The van der Waals surface area contributed by atoms with E-state index in [0.29, 0.717) is 47.7 Å². The molecule has 13 heteroatoms. The number of rotatable bonds is 12. The van der Waals surface area contributed by atoms with E-state index in [1.165, 1.54) is 12.1 Å². The highest BCUT2D eigenvalue weighted by Gasteiger charge is 2.54. The van der Waals surface area contributed by atoms with Gasteiger partial charge in [-0.05, 0) is 83.1 Å². The number of H-pyrrole nitrogens is 1. The topological polar surface area (TPSA) is 158 Å². The number of ether oxygens (including phenoxy) is 3. The number of carbonyl (C=O) groups excluding carboxylic acids is 2. The van der Waals surface area contributed by atoms with Gasteiger partial charge in [-0.2, -0.15) is 0 Å². The maximum absolute atomic E-state index is 13.8. The minimum Gasteiger partial charge on any atom is -0.465 e. The Labute approximate surface area is 243 Å². The zero-order valence-corrected chi connectivity index (χ0v) is 24.0. The number of aromatic amines is 1. The van der Waals surface area contributed by atoms with Crippen LogP contribution in [-0.4, -0.2) is 83.7 Å². The SMILES string of the molecule is CN(C)CCCNc1nccc(-c2[nH]c(C3(C(N)=O)OCC(C)(C(=O)OCC4CC4)CO3)nc2-c2ccc(F)cc2)n1. The Balaban J connectivity index is 1.45. The molecule has 1 aliphatic heterocycles. The third-order valence-electron chi connectivity index (χ3n) is 7.26. The van der Waals surface area contributed by atoms with Crippen LogP contribution in [0, 0.1) is 17.2 Å². The predicted octanol–water partition coefficient (Wildman–Crippen LogP) is 2.68. The van der Waals surface area contributed by atoms with Gasteiger partial charge in [0.1, 0.15) is 11.2 Å². The number of esters is 1. The molecule has 3 aromatic rings. The van der Waals surface area contributed by atoms with E-state index < -0.39 is 28.9 Å². The molecule has 3 heterocycles. The number of nitrogens with zero attached hydrogens (tertiary/aromatic N) is 4. The lowest BCUT2D eigenvalue weighted by atomic mass is 9.91. The highest BCUT2D eigenvalue weighted by molar-refractivity contribution is 5.85. The van der Waals surface area contributed by atoms with Gasteiger partial charge in [0.25, 0.3) is 5.91 Å². The van der Waals surface area contributed by atoms with E-state index in [1.807, 2.05) is 14.1 Å². The summed E-state index contributed by atoms with van der Waals surface area (Å²) < 4.78 is 31.1. The first kappa shape index (κ1) is 29.5. The van der Waals surface area contributed by atoms with E-state index in [9.17, 15) is 14.0 Å². The van der Waals surface area contributed by atoms with Crippen molar-refractivity contribution in [3.63, 3.8) is 0 Å². The quantitative estimate of drug-likeness (QED) is 0.215. The van der Waals surface area contributed by atoms with Gasteiger partial charge < -0.3 is 35.1 Å². The van der Waals surface area contributed by atoms with Crippen molar-refractivity contribution in [2.24, 2.45) is 17.1 Å². The minimum atomic E-state index is -2.11. The van der Waals surface area contributed by atoms with E-state index in [0.717, 1.165) is 25.8 Å². The summed E-state index contributed by atoms with van der Waals surface area (Å²) in [5.41, 5.74) is 6.48. The second-order valence-electron chi connectivity index (χ2n) is 11.3. The Morgan fingerprint density at radius 1 is 1.17 bits per heavy atom. The maximum atomic E-state index is 13.8. The van der Waals surface area contributed by atoms with Crippen LogP contribution in [0.15, 0.2) is 36.5 Å². The standard InChI is InChI=1S/C29H36FN7O5/c1-28(26(39)40-15-18-5-6-18)16-41-29(24(31)38,42-17-28)25-35-22(19-7-9-20(30)10-8-19)23(36-25)21-11-13-33-27(34-21)32-12-4-14-37(2)3/h7-11,13,18H,4-6,12,14-17H2,1-3H3,(H2,31,38)(H,35,36)(H,32,33,34).